The number of fused-ring (bicyclic) bond motifs is 1. The van der Waals surface area contributed by atoms with Crippen molar-refractivity contribution in [1.82, 2.24) is 5.32 Å². The van der Waals surface area contributed by atoms with E-state index >= 15 is 0 Å². The topological polar surface area (TPSA) is 73.9 Å². The van der Waals surface area contributed by atoms with Gasteiger partial charge in [-0.1, -0.05) is 19.8 Å². The predicted octanol–water partition coefficient (Wildman–Crippen LogP) is 2.31. The third-order valence-electron chi connectivity index (χ3n) is 4.57. The molecule has 130 valence electrons. The Morgan fingerprint density at radius 2 is 1.92 bits per heavy atom. The fraction of sp³-hybridized carbons (Fsp3) is 0.556. The maximum absolute atomic E-state index is 12.1. The summed E-state index contributed by atoms with van der Waals surface area (Å²) in [5, 5.41) is 2.96. The van der Waals surface area contributed by atoms with Crippen molar-refractivity contribution in [3.05, 3.63) is 23.8 Å². The zero-order valence-corrected chi connectivity index (χ0v) is 13.9. The van der Waals surface area contributed by atoms with E-state index in [1.54, 1.807) is 18.2 Å². The summed E-state index contributed by atoms with van der Waals surface area (Å²) in [4.78, 5) is 24.1. The first-order valence-corrected chi connectivity index (χ1v) is 8.49. The Morgan fingerprint density at radius 1 is 1.17 bits per heavy atom. The van der Waals surface area contributed by atoms with Crippen LogP contribution in [0.25, 0.3) is 0 Å². The largest absolute Gasteiger partial charge is 0.486 e. The maximum atomic E-state index is 12.1. The number of carbonyl (C=O) groups excluding carboxylic acids is 2. The molecule has 1 aliphatic carbocycles. The fourth-order valence-corrected chi connectivity index (χ4v) is 3.16. The van der Waals surface area contributed by atoms with Gasteiger partial charge in [-0.3, -0.25) is 4.79 Å². The van der Waals surface area contributed by atoms with Gasteiger partial charge in [0.1, 0.15) is 13.2 Å². The highest BCUT2D eigenvalue weighted by atomic mass is 16.6. The Morgan fingerprint density at radius 3 is 2.71 bits per heavy atom. The number of ether oxygens (including phenoxy) is 3. The Bertz CT molecular complexity index is 615. The second-order valence-electron chi connectivity index (χ2n) is 6.37. The molecule has 6 nitrogen and oxygen atoms in total. The molecule has 0 spiro atoms. The summed E-state index contributed by atoms with van der Waals surface area (Å²) in [6.07, 6.45) is 4.46. The van der Waals surface area contributed by atoms with Gasteiger partial charge >= 0.3 is 5.97 Å². The highest BCUT2D eigenvalue weighted by molar-refractivity contribution is 5.92. The minimum Gasteiger partial charge on any atom is -0.486 e. The molecular weight excluding hydrogens is 310 g/mol. The van der Waals surface area contributed by atoms with Gasteiger partial charge in [0.2, 0.25) is 0 Å². The number of benzene rings is 1. The fourth-order valence-electron chi connectivity index (χ4n) is 3.16. The predicted molar refractivity (Wildman–Crippen MR) is 87.3 cm³/mol. The van der Waals surface area contributed by atoms with E-state index in [-0.39, 0.29) is 18.6 Å². The Kier molecular flexibility index (Phi) is 5.23. The first kappa shape index (κ1) is 16.6. The van der Waals surface area contributed by atoms with Crippen LogP contribution in [-0.4, -0.2) is 37.7 Å². The second-order valence-corrected chi connectivity index (χ2v) is 6.37. The monoisotopic (exact) mass is 333 g/mol. The van der Waals surface area contributed by atoms with Crippen LogP contribution < -0.4 is 14.8 Å². The summed E-state index contributed by atoms with van der Waals surface area (Å²) >= 11 is 0. The van der Waals surface area contributed by atoms with Crippen LogP contribution in [0.15, 0.2) is 18.2 Å². The molecule has 6 heteroatoms. The van der Waals surface area contributed by atoms with Crippen LogP contribution >= 0.6 is 0 Å². The van der Waals surface area contributed by atoms with Crippen LogP contribution in [0.3, 0.4) is 0 Å². The van der Waals surface area contributed by atoms with Crippen molar-refractivity contribution >= 4 is 11.9 Å². The summed E-state index contributed by atoms with van der Waals surface area (Å²) in [7, 11) is 0. The molecule has 0 saturated heterocycles. The summed E-state index contributed by atoms with van der Waals surface area (Å²) in [6.45, 7) is 2.83. The molecule has 2 aliphatic rings. The molecule has 1 fully saturated rings. The first-order valence-electron chi connectivity index (χ1n) is 8.49. The molecule has 0 bridgehead atoms. The number of hydrogen-bond donors (Lipinski definition) is 1. The Hall–Kier alpha value is -2.24. The summed E-state index contributed by atoms with van der Waals surface area (Å²) < 4.78 is 16.0. The van der Waals surface area contributed by atoms with Crippen molar-refractivity contribution in [3.63, 3.8) is 0 Å². The number of amides is 1. The van der Waals surface area contributed by atoms with E-state index in [0.29, 0.717) is 36.2 Å². The van der Waals surface area contributed by atoms with Crippen LogP contribution in [0.2, 0.25) is 0 Å². The van der Waals surface area contributed by atoms with Crippen LogP contribution in [-0.2, 0) is 9.53 Å². The third kappa shape index (κ3) is 3.99. The normalized spacial score (nSPS) is 22.5. The molecule has 3 rings (SSSR count). The molecule has 1 amide bonds. The average Bonchev–Trinajstić information content (AvgIpc) is 2.61. The van der Waals surface area contributed by atoms with Gasteiger partial charge in [-0.05, 0) is 37.0 Å². The molecule has 24 heavy (non-hydrogen) atoms. The zero-order chi connectivity index (χ0) is 16.9. The van der Waals surface area contributed by atoms with E-state index in [9.17, 15) is 9.59 Å². The number of carbonyl (C=O) groups is 2. The van der Waals surface area contributed by atoms with E-state index in [2.05, 4.69) is 12.2 Å². The standard InChI is InChI=1S/C18H23NO5/c1-12-4-2-3-5-14(12)19-17(20)11-24-18(21)13-6-7-15-16(10-13)23-9-8-22-15/h6-7,10,12,14H,2-5,8-9,11H2,1H3,(H,19,20)/t12-,14-/m0/s1. The molecule has 1 aromatic carbocycles. The SMILES string of the molecule is C[C@H]1CCCC[C@@H]1NC(=O)COC(=O)c1ccc2c(c1)OCCO2. The van der Waals surface area contributed by atoms with Gasteiger partial charge < -0.3 is 19.5 Å². The number of nitrogens with one attached hydrogen (secondary N) is 1. The van der Waals surface area contributed by atoms with Gasteiger partial charge in [0, 0.05) is 6.04 Å². The van der Waals surface area contributed by atoms with Crippen molar-refractivity contribution in [2.75, 3.05) is 19.8 Å². The summed E-state index contributed by atoms with van der Waals surface area (Å²) in [5.74, 6) is 0.813. The Labute approximate surface area is 141 Å². The molecular formula is C18H23NO5. The Balaban J connectivity index is 1.50. The zero-order valence-electron chi connectivity index (χ0n) is 13.9. The van der Waals surface area contributed by atoms with Crippen molar-refractivity contribution in [3.8, 4) is 11.5 Å². The lowest BCUT2D eigenvalue weighted by Crippen LogP contribution is -2.42. The van der Waals surface area contributed by atoms with Crippen molar-refractivity contribution in [2.24, 2.45) is 5.92 Å². The molecule has 0 unspecified atom stereocenters. The second kappa shape index (κ2) is 7.55. The highest BCUT2D eigenvalue weighted by Crippen LogP contribution is 2.31. The molecule has 0 aromatic heterocycles. The van der Waals surface area contributed by atoms with Crippen LogP contribution in [0.1, 0.15) is 43.0 Å². The van der Waals surface area contributed by atoms with E-state index < -0.39 is 5.97 Å². The molecule has 1 N–H and O–H groups in total. The summed E-state index contributed by atoms with van der Waals surface area (Å²) in [5.41, 5.74) is 0.345. The van der Waals surface area contributed by atoms with Crippen molar-refractivity contribution in [1.29, 1.82) is 0 Å². The van der Waals surface area contributed by atoms with Crippen molar-refractivity contribution < 1.29 is 23.8 Å². The van der Waals surface area contributed by atoms with Gasteiger partial charge in [0.25, 0.3) is 5.91 Å². The van der Waals surface area contributed by atoms with Gasteiger partial charge in [-0.25, -0.2) is 4.79 Å². The van der Waals surface area contributed by atoms with E-state index in [0.717, 1.165) is 19.3 Å². The molecule has 1 aliphatic heterocycles. The minimum atomic E-state index is -0.543. The van der Waals surface area contributed by atoms with E-state index in [1.165, 1.54) is 6.42 Å². The number of esters is 1. The van der Waals surface area contributed by atoms with Crippen LogP contribution in [0.4, 0.5) is 0 Å². The maximum Gasteiger partial charge on any atom is 0.338 e. The third-order valence-corrected chi connectivity index (χ3v) is 4.57. The smallest absolute Gasteiger partial charge is 0.338 e. The van der Waals surface area contributed by atoms with E-state index in [1.807, 2.05) is 0 Å². The van der Waals surface area contributed by atoms with Gasteiger partial charge in [0.15, 0.2) is 18.1 Å². The molecule has 1 aromatic rings. The van der Waals surface area contributed by atoms with Crippen LogP contribution in [0.5, 0.6) is 11.5 Å². The first-order chi connectivity index (χ1) is 11.6. The lowest BCUT2D eigenvalue weighted by molar-refractivity contribution is -0.125. The van der Waals surface area contributed by atoms with Gasteiger partial charge in [-0.2, -0.15) is 0 Å². The van der Waals surface area contributed by atoms with Crippen molar-refractivity contribution in [2.45, 2.75) is 38.6 Å². The minimum absolute atomic E-state index is 0.180. The quantitative estimate of drug-likeness (QED) is 0.856. The lowest BCUT2D eigenvalue weighted by Gasteiger charge is -2.29. The number of rotatable bonds is 4. The van der Waals surface area contributed by atoms with Gasteiger partial charge in [-0.15, -0.1) is 0 Å². The summed E-state index contributed by atoms with van der Waals surface area (Å²) in [6, 6.07) is 5.04. The lowest BCUT2D eigenvalue weighted by atomic mass is 9.86. The molecule has 1 saturated carbocycles. The number of hydrogen-bond acceptors (Lipinski definition) is 5. The molecule has 0 radical (unpaired) electrons. The van der Waals surface area contributed by atoms with Crippen LogP contribution in [0, 0.1) is 5.92 Å². The molecule has 2 atom stereocenters. The van der Waals surface area contributed by atoms with E-state index in [4.69, 9.17) is 14.2 Å². The van der Waals surface area contributed by atoms with Gasteiger partial charge in [0.05, 0.1) is 5.56 Å². The molecule has 1 heterocycles. The highest BCUT2D eigenvalue weighted by Gasteiger charge is 2.23. The average molecular weight is 333 g/mol.